The molecule has 2 rings (SSSR count). The molecule has 1 amide bonds. The number of anilines is 1. The van der Waals surface area contributed by atoms with Gasteiger partial charge in [0.2, 0.25) is 0 Å². The standard InChI is InChI=1S/C14H18N4OS/c1-4-15-11-5-6-16-12(7-11)14(19)18(3)8-13-10(2)17-9-20-13/h5-7,9H,4,8H2,1-3H3,(H,15,16). The third-order valence-electron chi connectivity index (χ3n) is 2.93. The number of nitrogens with one attached hydrogen (secondary N) is 1. The van der Waals surface area contributed by atoms with Crippen LogP contribution in [-0.2, 0) is 6.54 Å². The second kappa shape index (κ2) is 6.47. The van der Waals surface area contributed by atoms with Crippen molar-refractivity contribution in [1.29, 1.82) is 0 Å². The van der Waals surface area contributed by atoms with Gasteiger partial charge in [0.25, 0.3) is 5.91 Å². The SMILES string of the molecule is CCNc1ccnc(C(=O)N(C)Cc2scnc2C)c1. The van der Waals surface area contributed by atoms with Gasteiger partial charge in [0.1, 0.15) is 5.69 Å². The minimum absolute atomic E-state index is 0.0856. The van der Waals surface area contributed by atoms with Crippen molar-refractivity contribution in [2.75, 3.05) is 18.9 Å². The van der Waals surface area contributed by atoms with E-state index in [9.17, 15) is 4.79 Å². The molecule has 0 radical (unpaired) electrons. The summed E-state index contributed by atoms with van der Waals surface area (Å²) < 4.78 is 0. The Morgan fingerprint density at radius 1 is 1.45 bits per heavy atom. The van der Waals surface area contributed by atoms with E-state index in [1.54, 1.807) is 41.1 Å². The highest BCUT2D eigenvalue weighted by Gasteiger charge is 2.15. The summed E-state index contributed by atoms with van der Waals surface area (Å²) in [7, 11) is 1.78. The summed E-state index contributed by atoms with van der Waals surface area (Å²) in [6.45, 7) is 5.34. The zero-order chi connectivity index (χ0) is 14.5. The van der Waals surface area contributed by atoms with E-state index in [2.05, 4.69) is 15.3 Å². The molecular formula is C14H18N4OS. The summed E-state index contributed by atoms with van der Waals surface area (Å²) in [5.74, 6) is -0.0856. The number of aromatic nitrogens is 2. The lowest BCUT2D eigenvalue weighted by molar-refractivity contribution is 0.0780. The normalized spacial score (nSPS) is 10.3. The molecule has 2 aromatic heterocycles. The number of amides is 1. The third kappa shape index (κ3) is 3.33. The van der Waals surface area contributed by atoms with Gasteiger partial charge in [0.15, 0.2) is 0 Å². The number of carbonyl (C=O) groups is 1. The third-order valence-corrected chi connectivity index (χ3v) is 3.85. The lowest BCUT2D eigenvalue weighted by Crippen LogP contribution is -2.27. The van der Waals surface area contributed by atoms with Gasteiger partial charge in [-0.25, -0.2) is 4.98 Å². The average Bonchev–Trinajstić information content (AvgIpc) is 2.84. The highest BCUT2D eigenvalue weighted by Crippen LogP contribution is 2.16. The van der Waals surface area contributed by atoms with Crippen LogP contribution in [0.25, 0.3) is 0 Å². The Kier molecular flexibility index (Phi) is 4.68. The van der Waals surface area contributed by atoms with Gasteiger partial charge in [-0.2, -0.15) is 0 Å². The van der Waals surface area contributed by atoms with Gasteiger partial charge in [-0.1, -0.05) is 0 Å². The van der Waals surface area contributed by atoms with E-state index >= 15 is 0 Å². The minimum atomic E-state index is -0.0856. The molecule has 0 bridgehead atoms. The number of aryl methyl sites for hydroxylation is 1. The minimum Gasteiger partial charge on any atom is -0.385 e. The summed E-state index contributed by atoms with van der Waals surface area (Å²) in [4.78, 5) is 23.5. The van der Waals surface area contributed by atoms with Crippen molar-refractivity contribution in [3.8, 4) is 0 Å². The van der Waals surface area contributed by atoms with Gasteiger partial charge in [0.05, 0.1) is 17.7 Å². The lowest BCUT2D eigenvalue weighted by atomic mass is 10.2. The molecule has 0 aromatic carbocycles. The molecule has 0 unspecified atom stereocenters. The number of carbonyl (C=O) groups excluding carboxylic acids is 1. The summed E-state index contributed by atoms with van der Waals surface area (Å²) in [6, 6.07) is 3.63. The average molecular weight is 290 g/mol. The van der Waals surface area contributed by atoms with Crippen LogP contribution in [0.5, 0.6) is 0 Å². The predicted octanol–water partition coefficient (Wildman–Crippen LogP) is 2.55. The Hall–Kier alpha value is -1.95. The van der Waals surface area contributed by atoms with Crippen LogP contribution in [0, 0.1) is 6.92 Å². The van der Waals surface area contributed by atoms with E-state index in [4.69, 9.17) is 0 Å². The van der Waals surface area contributed by atoms with Crippen molar-refractivity contribution < 1.29 is 4.79 Å². The van der Waals surface area contributed by atoms with Crippen molar-refractivity contribution in [3.63, 3.8) is 0 Å². The molecule has 0 spiro atoms. The molecule has 20 heavy (non-hydrogen) atoms. The summed E-state index contributed by atoms with van der Waals surface area (Å²) in [6.07, 6.45) is 1.65. The van der Waals surface area contributed by atoms with E-state index in [0.717, 1.165) is 22.8 Å². The number of hydrogen-bond acceptors (Lipinski definition) is 5. The second-order valence-electron chi connectivity index (χ2n) is 4.48. The van der Waals surface area contributed by atoms with E-state index in [-0.39, 0.29) is 5.91 Å². The Morgan fingerprint density at radius 2 is 2.25 bits per heavy atom. The Bertz CT molecular complexity index is 596. The molecule has 6 heteroatoms. The maximum Gasteiger partial charge on any atom is 0.272 e. The van der Waals surface area contributed by atoms with Crippen LogP contribution in [0.15, 0.2) is 23.8 Å². The van der Waals surface area contributed by atoms with Gasteiger partial charge in [-0.3, -0.25) is 9.78 Å². The second-order valence-corrected chi connectivity index (χ2v) is 5.42. The van der Waals surface area contributed by atoms with Crippen molar-refractivity contribution in [3.05, 3.63) is 40.1 Å². The molecule has 0 aliphatic carbocycles. The molecule has 5 nitrogen and oxygen atoms in total. The molecule has 0 fully saturated rings. The number of pyridine rings is 1. The Labute approximate surface area is 122 Å². The van der Waals surface area contributed by atoms with Gasteiger partial charge in [-0.15, -0.1) is 11.3 Å². The zero-order valence-electron chi connectivity index (χ0n) is 11.9. The van der Waals surface area contributed by atoms with E-state index in [1.807, 2.05) is 19.9 Å². The van der Waals surface area contributed by atoms with Crippen LogP contribution in [-0.4, -0.2) is 34.4 Å². The van der Waals surface area contributed by atoms with Crippen LogP contribution in [0.1, 0.15) is 28.0 Å². The molecule has 2 aromatic rings. The first-order chi connectivity index (χ1) is 9.61. The van der Waals surface area contributed by atoms with Crippen molar-refractivity contribution in [2.24, 2.45) is 0 Å². The molecule has 0 atom stereocenters. The first-order valence-corrected chi connectivity index (χ1v) is 7.34. The topological polar surface area (TPSA) is 58.1 Å². The van der Waals surface area contributed by atoms with Crippen LogP contribution < -0.4 is 5.32 Å². The Morgan fingerprint density at radius 3 is 2.90 bits per heavy atom. The Balaban J connectivity index is 2.10. The monoisotopic (exact) mass is 290 g/mol. The number of rotatable bonds is 5. The van der Waals surface area contributed by atoms with Crippen LogP contribution in [0.3, 0.4) is 0 Å². The maximum atomic E-state index is 12.4. The fourth-order valence-corrected chi connectivity index (χ4v) is 2.65. The highest BCUT2D eigenvalue weighted by atomic mass is 32.1. The van der Waals surface area contributed by atoms with Crippen LogP contribution >= 0.6 is 11.3 Å². The molecule has 106 valence electrons. The molecule has 0 aliphatic heterocycles. The van der Waals surface area contributed by atoms with E-state index in [0.29, 0.717) is 12.2 Å². The van der Waals surface area contributed by atoms with Crippen molar-refractivity contribution >= 4 is 22.9 Å². The largest absolute Gasteiger partial charge is 0.385 e. The fourth-order valence-electron chi connectivity index (χ4n) is 1.82. The summed E-state index contributed by atoms with van der Waals surface area (Å²) in [5, 5.41) is 3.18. The molecule has 0 saturated carbocycles. The zero-order valence-corrected chi connectivity index (χ0v) is 12.7. The summed E-state index contributed by atoms with van der Waals surface area (Å²) >= 11 is 1.56. The van der Waals surface area contributed by atoms with Crippen LogP contribution in [0.2, 0.25) is 0 Å². The van der Waals surface area contributed by atoms with Gasteiger partial charge in [-0.05, 0) is 26.0 Å². The highest BCUT2D eigenvalue weighted by molar-refractivity contribution is 7.09. The van der Waals surface area contributed by atoms with Gasteiger partial charge in [0, 0.05) is 30.4 Å². The van der Waals surface area contributed by atoms with Gasteiger partial charge >= 0.3 is 0 Å². The maximum absolute atomic E-state index is 12.4. The summed E-state index contributed by atoms with van der Waals surface area (Å²) in [5.41, 5.74) is 4.14. The number of nitrogens with zero attached hydrogens (tertiary/aromatic N) is 3. The van der Waals surface area contributed by atoms with Gasteiger partial charge < -0.3 is 10.2 Å². The van der Waals surface area contributed by atoms with Crippen molar-refractivity contribution in [1.82, 2.24) is 14.9 Å². The van der Waals surface area contributed by atoms with Crippen LogP contribution in [0.4, 0.5) is 5.69 Å². The molecular weight excluding hydrogens is 272 g/mol. The molecule has 0 aliphatic rings. The first kappa shape index (κ1) is 14.5. The smallest absolute Gasteiger partial charge is 0.272 e. The molecule has 0 saturated heterocycles. The van der Waals surface area contributed by atoms with Crippen molar-refractivity contribution in [2.45, 2.75) is 20.4 Å². The molecule has 2 heterocycles. The lowest BCUT2D eigenvalue weighted by Gasteiger charge is -2.16. The molecule has 1 N–H and O–H groups in total. The predicted molar refractivity (Wildman–Crippen MR) is 81.0 cm³/mol. The van der Waals surface area contributed by atoms with E-state index in [1.165, 1.54) is 0 Å². The fraction of sp³-hybridized carbons (Fsp3) is 0.357. The number of hydrogen-bond donors (Lipinski definition) is 1. The van der Waals surface area contributed by atoms with E-state index < -0.39 is 0 Å². The number of thiazole rings is 1. The first-order valence-electron chi connectivity index (χ1n) is 6.46. The quantitative estimate of drug-likeness (QED) is 0.919.